The summed E-state index contributed by atoms with van der Waals surface area (Å²) in [5.74, 6) is 2.25. The van der Waals surface area contributed by atoms with Crippen LogP contribution in [0.15, 0.2) is 0 Å². The van der Waals surface area contributed by atoms with Gasteiger partial charge in [-0.3, -0.25) is 5.10 Å². The van der Waals surface area contributed by atoms with Gasteiger partial charge in [0.15, 0.2) is 5.82 Å². The van der Waals surface area contributed by atoms with Crippen molar-refractivity contribution in [3.05, 3.63) is 11.6 Å². The van der Waals surface area contributed by atoms with E-state index in [1.807, 2.05) is 27.7 Å². The van der Waals surface area contributed by atoms with E-state index in [2.05, 4.69) is 20.1 Å². The highest BCUT2D eigenvalue weighted by molar-refractivity contribution is 4.99. The number of hydrogen-bond donors (Lipinski definition) is 2. The van der Waals surface area contributed by atoms with Gasteiger partial charge in [0.2, 0.25) is 0 Å². The Balaban J connectivity index is 1.71. The number of likely N-dealkylation sites (tertiary alicyclic amines) is 1. The molecule has 6 heteroatoms. The Hall–Kier alpha value is -0.980. The van der Waals surface area contributed by atoms with E-state index in [0.717, 1.165) is 37.6 Å². The van der Waals surface area contributed by atoms with Gasteiger partial charge in [-0.25, -0.2) is 4.98 Å². The first kappa shape index (κ1) is 16.4. The van der Waals surface area contributed by atoms with Crippen molar-refractivity contribution in [3.8, 4) is 0 Å². The molecule has 1 aliphatic rings. The molecule has 120 valence electrons. The van der Waals surface area contributed by atoms with E-state index in [1.54, 1.807) is 0 Å². The second-order valence-electron chi connectivity index (χ2n) is 6.93. The van der Waals surface area contributed by atoms with Crippen LogP contribution in [-0.4, -0.2) is 63.1 Å². The molecule has 1 unspecified atom stereocenters. The van der Waals surface area contributed by atoms with Crippen LogP contribution in [0.1, 0.15) is 51.2 Å². The predicted molar refractivity (Wildman–Crippen MR) is 81.2 cm³/mol. The summed E-state index contributed by atoms with van der Waals surface area (Å²) in [5, 5.41) is 17.2. The molecule has 0 radical (unpaired) electrons. The number of aliphatic hydroxyl groups excluding tert-OH is 1. The standard InChI is InChI=1S/C15H28N4O2/c1-11-16-14(18-17-11)12-5-7-19(8-6-12)9-13(20)10-21-15(2,3)4/h12-13,20H,5-10H2,1-4H3,(H,16,17,18). The molecule has 1 fully saturated rings. The minimum Gasteiger partial charge on any atom is -0.389 e. The van der Waals surface area contributed by atoms with E-state index in [1.165, 1.54) is 0 Å². The fourth-order valence-corrected chi connectivity index (χ4v) is 2.61. The molecule has 1 aliphatic heterocycles. The topological polar surface area (TPSA) is 74.3 Å². The molecule has 2 heterocycles. The average molecular weight is 296 g/mol. The highest BCUT2D eigenvalue weighted by Gasteiger charge is 2.25. The number of nitrogens with one attached hydrogen (secondary N) is 1. The molecule has 0 aromatic carbocycles. The maximum absolute atomic E-state index is 10.1. The number of aromatic nitrogens is 3. The Kier molecular flexibility index (Phi) is 5.35. The molecular weight excluding hydrogens is 268 g/mol. The third-order valence-corrected chi connectivity index (χ3v) is 3.74. The summed E-state index contributed by atoms with van der Waals surface area (Å²) in [5.41, 5.74) is -0.197. The van der Waals surface area contributed by atoms with Gasteiger partial charge in [0.05, 0.1) is 18.3 Å². The van der Waals surface area contributed by atoms with Crippen LogP contribution >= 0.6 is 0 Å². The van der Waals surface area contributed by atoms with Crippen molar-refractivity contribution in [3.63, 3.8) is 0 Å². The molecule has 21 heavy (non-hydrogen) atoms. The number of piperidine rings is 1. The Labute approximate surface area is 126 Å². The second-order valence-corrected chi connectivity index (χ2v) is 6.93. The van der Waals surface area contributed by atoms with Gasteiger partial charge < -0.3 is 14.7 Å². The number of aliphatic hydroxyl groups is 1. The zero-order valence-corrected chi connectivity index (χ0v) is 13.6. The molecule has 1 aromatic rings. The van der Waals surface area contributed by atoms with Crippen LogP contribution in [0.2, 0.25) is 0 Å². The molecule has 1 atom stereocenters. The van der Waals surface area contributed by atoms with Crippen molar-refractivity contribution in [2.75, 3.05) is 26.2 Å². The highest BCUT2D eigenvalue weighted by atomic mass is 16.5. The maximum atomic E-state index is 10.1. The van der Waals surface area contributed by atoms with Crippen LogP contribution in [0.3, 0.4) is 0 Å². The molecule has 0 spiro atoms. The fraction of sp³-hybridized carbons (Fsp3) is 0.867. The number of aryl methyl sites for hydroxylation is 1. The van der Waals surface area contributed by atoms with Crippen LogP contribution in [0.25, 0.3) is 0 Å². The van der Waals surface area contributed by atoms with E-state index >= 15 is 0 Å². The van der Waals surface area contributed by atoms with Gasteiger partial charge >= 0.3 is 0 Å². The normalized spacial score (nSPS) is 19.9. The summed E-state index contributed by atoms with van der Waals surface area (Å²) < 4.78 is 5.63. The van der Waals surface area contributed by atoms with Crippen LogP contribution in [-0.2, 0) is 4.74 Å². The van der Waals surface area contributed by atoms with Gasteiger partial charge in [0.1, 0.15) is 5.82 Å². The minimum absolute atomic E-state index is 0.197. The van der Waals surface area contributed by atoms with Crippen molar-refractivity contribution in [1.29, 1.82) is 0 Å². The summed E-state index contributed by atoms with van der Waals surface area (Å²) in [6.07, 6.45) is 1.67. The first-order valence-corrected chi connectivity index (χ1v) is 7.77. The lowest BCUT2D eigenvalue weighted by molar-refractivity contribution is -0.0573. The number of β-amino-alcohol motifs (C(OH)–C–C–N with tert-alkyl or cyclic N) is 1. The van der Waals surface area contributed by atoms with E-state index < -0.39 is 6.10 Å². The van der Waals surface area contributed by atoms with Gasteiger partial charge in [0, 0.05) is 12.5 Å². The van der Waals surface area contributed by atoms with Crippen LogP contribution < -0.4 is 0 Å². The molecular formula is C15H28N4O2. The van der Waals surface area contributed by atoms with Crippen molar-refractivity contribution >= 4 is 0 Å². The zero-order valence-electron chi connectivity index (χ0n) is 13.6. The fourth-order valence-electron chi connectivity index (χ4n) is 2.61. The van der Waals surface area contributed by atoms with E-state index in [0.29, 0.717) is 19.1 Å². The SMILES string of the molecule is Cc1nc(C2CCN(CC(O)COC(C)(C)C)CC2)n[nH]1. The van der Waals surface area contributed by atoms with Gasteiger partial charge in [-0.15, -0.1) is 0 Å². The largest absolute Gasteiger partial charge is 0.389 e. The predicted octanol–water partition coefficient (Wildman–Crippen LogP) is 1.47. The lowest BCUT2D eigenvalue weighted by atomic mass is 9.96. The summed E-state index contributed by atoms with van der Waals surface area (Å²) in [6, 6.07) is 0. The number of hydrogen-bond acceptors (Lipinski definition) is 5. The van der Waals surface area contributed by atoms with E-state index in [9.17, 15) is 5.11 Å². The summed E-state index contributed by atoms with van der Waals surface area (Å²) in [4.78, 5) is 6.72. The van der Waals surface area contributed by atoms with Crippen LogP contribution in [0.5, 0.6) is 0 Å². The van der Waals surface area contributed by atoms with Crippen LogP contribution in [0, 0.1) is 6.92 Å². The Morgan fingerprint density at radius 2 is 2.05 bits per heavy atom. The number of rotatable bonds is 5. The molecule has 0 saturated carbocycles. The summed E-state index contributed by atoms with van der Waals surface area (Å²) in [6.45, 7) is 11.0. The van der Waals surface area contributed by atoms with Gasteiger partial charge in [-0.05, 0) is 53.6 Å². The lowest BCUT2D eigenvalue weighted by Gasteiger charge is -2.32. The van der Waals surface area contributed by atoms with Crippen molar-refractivity contribution in [2.24, 2.45) is 0 Å². The number of nitrogens with zero attached hydrogens (tertiary/aromatic N) is 3. The number of H-pyrrole nitrogens is 1. The second kappa shape index (κ2) is 6.85. The first-order chi connectivity index (χ1) is 9.83. The monoisotopic (exact) mass is 296 g/mol. The number of ether oxygens (including phenoxy) is 1. The average Bonchev–Trinajstić information content (AvgIpc) is 2.83. The molecule has 1 aromatic heterocycles. The molecule has 2 rings (SSSR count). The van der Waals surface area contributed by atoms with Crippen LogP contribution in [0.4, 0.5) is 0 Å². The third kappa shape index (κ3) is 5.37. The molecule has 1 saturated heterocycles. The van der Waals surface area contributed by atoms with Gasteiger partial charge in [-0.1, -0.05) is 0 Å². The molecule has 6 nitrogen and oxygen atoms in total. The zero-order chi connectivity index (χ0) is 15.5. The Morgan fingerprint density at radius 3 is 2.57 bits per heavy atom. The Morgan fingerprint density at radius 1 is 1.38 bits per heavy atom. The smallest absolute Gasteiger partial charge is 0.153 e. The minimum atomic E-state index is -0.425. The quantitative estimate of drug-likeness (QED) is 0.860. The lowest BCUT2D eigenvalue weighted by Crippen LogP contribution is -2.41. The van der Waals surface area contributed by atoms with E-state index in [-0.39, 0.29) is 5.60 Å². The third-order valence-electron chi connectivity index (χ3n) is 3.74. The van der Waals surface area contributed by atoms with Crippen molar-refractivity contribution in [2.45, 2.75) is 58.2 Å². The first-order valence-electron chi connectivity index (χ1n) is 7.77. The summed E-state index contributed by atoms with van der Waals surface area (Å²) in [7, 11) is 0. The van der Waals surface area contributed by atoms with E-state index in [4.69, 9.17) is 4.74 Å². The van der Waals surface area contributed by atoms with Crippen molar-refractivity contribution in [1.82, 2.24) is 20.1 Å². The molecule has 0 bridgehead atoms. The number of aromatic amines is 1. The highest BCUT2D eigenvalue weighted by Crippen LogP contribution is 2.25. The maximum Gasteiger partial charge on any atom is 0.153 e. The van der Waals surface area contributed by atoms with Crippen molar-refractivity contribution < 1.29 is 9.84 Å². The summed E-state index contributed by atoms with van der Waals surface area (Å²) >= 11 is 0. The van der Waals surface area contributed by atoms with Gasteiger partial charge in [-0.2, -0.15) is 5.10 Å². The molecule has 2 N–H and O–H groups in total. The molecule has 0 aliphatic carbocycles. The Bertz CT molecular complexity index is 433. The molecule has 0 amide bonds. The van der Waals surface area contributed by atoms with Gasteiger partial charge in [0.25, 0.3) is 0 Å².